The number of benzene rings is 1. The molecule has 0 radical (unpaired) electrons. The van der Waals surface area contributed by atoms with Crippen LogP contribution in [0.3, 0.4) is 0 Å². The number of nitrogens with one attached hydrogen (secondary N) is 2. The molecule has 8 heteroatoms. The molecule has 1 aliphatic heterocycles. The van der Waals surface area contributed by atoms with E-state index in [4.69, 9.17) is 9.41 Å². The standard InChI is InChI=1S/C20H30N4O3S/c1-4-21-20(22-14-16-9-11-24(12-10-16)28(3,25)26)23-15(2)19-13-17-7-5-6-8-18(17)27-19/h5-8,13,15-16H,4,9-12,14H2,1-3H3,(H2,21,22,23). The largest absolute Gasteiger partial charge is 0.459 e. The summed E-state index contributed by atoms with van der Waals surface area (Å²) in [6, 6.07) is 10.0. The fourth-order valence-electron chi connectivity index (χ4n) is 3.46. The molecule has 7 nitrogen and oxygen atoms in total. The van der Waals surface area contributed by atoms with Gasteiger partial charge < -0.3 is 15.1 Å². The van der Waals surface area contributed by atoms with Crippen molar-refractivity contribution in [2.75, 3.05) is 32.4 Å². The average Bonchev–Trinajstić information content (AvgIpc) is 3.10. The molecule has 0 saturated carbocycles. The second-order valence-electron chi connectivity index (χ2n) is 7.38. The lowest BCUT2D eigenvalue weighted by atomic mass is 9.98. The Bertz CT molecular complexity index is 881. The van der Waals surface area contributed by atoms with E-state index in [1.165, 1.54) is 6.26 Å². The fraction of sp³-hybridized carbons (Fsp3) is 0.550. The second kappa shape index (κ2) is 8.96. The van der Waals surface area contributed by atoms with Crippen LogP contribution in [0.1, 0.15) is 38.5 Å². The summed E-state index contributed by atoms with van der Waals surface area (Å²) >= 11 is 0. The first-order chi connectivity index (χ1) is 13.4. The molecule has 1 saturated heterocycles. The van der Waals surface area contributed by atoms with Crippen LogP contribution in [0, 0.1) is 5.92 Å². The molecule has 1 atom stereocenters. The summed E-state index contributed by atoms with van der Waals surface area (Å²) in [5.41, 5.74) is 0.880. The summed E-state index contributed by atoms with van der Waals surface area (Å²) in [4.78, 5) is 4.73. The molecule has 0 aliphatic carbocycles. The summed E-state index contributed by atoms with van der Waals surface area (Å²) in [6.45, 7) is 6.70. The zero-order valence-corrected chi connectivity index (χ0v) is 17.6. The first-order valence-corrected chi connectivity index (χ1v) is 11.7. The molecule has 1 aliphatic rings. The van der Waals surface area contributed by atoms with Crippen LogP contribution in [-0.2, 0) is 10.0 Å². The normalized spacial score (nSPS) is 18.3. The number of para-hydroxylation sites is 1. The molecule has 2 heterocycles. The zero-order valence-electron chi connectivity index (χ0n) is 16.8. The highest BCUT2D eigenvalue weighted by Crippen LogP contribution is 2.23. The van der Waals surface area contributed by atoms with Crippen molar-refractivity contribution in [2.45, 2.75) is 32.7 Å². The van der Waals surface area contributed by atoms with E-state index in [1.54, 1.807) is 4.31 Å². The van der Waals surface area contributed by atoms with E-state index in [1.807, 2.05) is 31.2 Å². The minimum atomic E-state index is -3.08. The Kier molecular flexibility index (Phi) is 6.61. The highest BCUT2D eigenvalue weighted by atomic mass is 32.2. The molecule has 1 unspecified atom stereocenters. The summed E-state index contributed by atoms with van der Waals surface area (Å²) in [5, 5.41) is 7.78. The maximum absolute atomic E-state index is 11.6. The molecule has 2 N–H and O–H groups in total. The highest BCUT2D eigenvalue weighted by Gasteiger charge is 2.24. The van der Waals surface area contributed by atoms with Gasteiger partial charge in [0.1, 0.15) is 11.3 Å². The fourth-order valence-corrected chi connectivity index (χ4v) is 4.33. The minimum Gasteiger partial charge on any atom is -0.459 e. The third-order valence-corrected chi connectivity index (χ3v) is 6.42. The van der Waals surface area contributed by atoms with Crippen LogP contribution in [0.5, 0.6) is 0 Å². The number of nitrogens with zero attached hydrogens (tertiary/aromatic N) is 2. The van der Waals surface area contributed by atoms with Crippen molar-refractivity contribution in [1.82, 2.24) is 14.9 Å². The summed E-state index contributed by atoms with van der Waals surface area (Å²) in [7, 11) is -3.08. The average molecular weight is 407 g/mol. The Balaban J connectivity index is 1.59. The zero-order chi connectivity index (χ0) is 20.1. The molecular weight excluding hydrogens is 376 g/mol. The number of piperidine rings is 1. The lowest BCUT2D eigenvalue weighted by Crippen LogP contribution is -2.40. The molecule has 1 aromatic heterocycles. The molecule has 0 amide bonds. The van der Waals surface area contributed by atoms with Crippen molar-refractivity contribution in [1.29, 1.82) is 0 Å². The van der Waals surface area contributed by atoms with Crippen molar-refractivity contribution in [2.24, 2.45) is 10.9 Å². The van der Waals surface area contributed by atoms with Gasteiger partial charge in [-0.25, -0.2) is 12.7 Å². The van der Waals surface area contributed by atoms with Crippen LogP contribution in [0.2, 0.25) is 0 Å². The number of rotatable bonds is 6. The summed E-state index contributed by atoms with van der Waals surface area (Å²) < 4.78 is 30.8. The van der Waals surface area contributed by atoms with Gasteiger partial charge in [0.2, 0.25) is 10.0 Å². The molecule has 28 heavy (non-hydrogen) atoms. The van der Waals surface area contributed by atoms with Crippen molar-refractivity contribution in [3.05, 3.63) is 36.1 Å². The molecule has 1 fully saturated rings. The summed E-state index contributed by atoms with van der Waals surface area (Å²) in [6.07, 6.45) is 2.96. The quantitative estimate of drug-likeness (QED) is 0.569. The predicted molar refractivity (Wildman–Crippen MR) is 113 cm³/mol. The van der Waals surface area contributed by atoms with Gasteiger partial charge in [-0.3, -0.25) is 4.99 Å². The molecule has 0 spiro atoms. The number of sulfonamides is 1. The van der Waals surface area contributed by atoms with E-state index in [0.29, 0.717) is 25.6 Å². The smallest absolute Gasteiger partial charge is 0.211 e. The Labute approximate surface area is 167 Å². The number of hydrogen-bond acceptors (Lipinski definition) is 4. The number of hydrogen-bond donors (Lipinski definition) is 2. The SMILES string of the molecule is CCNC(=NCC1CCN(S(C)(=O)=O)CC1)NC(C)c1cc2ccccc2o1. The van der Waals surface area contributed by atoms with Crippen LogP contribution in [-0.4, -0.2) is 51.1 Å². The molecular formula is C20H30N4O3S. The van der Waals surface area contributed by atoms with Crippen molar-refractivity contribution in [3.63, 3.8) is 0 Å². The Morgan fingerprint density at radius 1 is 1.32 bits per heavy atom. The van der Waals surface area contributed by atoms with Crippen molar-refractivity contribution in [3.8, 4) is 0 Å². The van der Waals surface area contributed by atoms with Gasteiger partial charge in [0.15, 0.2) is 5.96 Å². The highest BCUT2D eigenvalue weighted by molar-refractivity contribution is 7.88. The topological polar surface area (TPSA) is 86.9 Å². The van der Waals surface area contributed by atoms with E-state index in [2.05, 4.69) is 23.6 Å². The van der Waals surface area contributed by atoms with Gasteiger partial charge in [-0.05, 0) is 44.7 Å². The number of fused-ring (bicyclic) bond motifs is 1. The van der Waals surface area contributed by atoms with E-state index < -0.39 is 10.0 Å². The summed E-state index contributed by atoms with van der Waals surface area (Å²) in [5.74, 6) is 2.02. The van der Waals surface area contributed by atoms with Crippen molar-refractivity contribution >= 4 is 27.0 Å². The van der Waals surface area contributed by atoms with Gasteiger partial charge >= 0.3 is 0 Å². The van der Waals surface area contributed by atoms with E-state index in [0.717, 1.165) is 42.1 Å². The Hall–Kier alpha value is -2.06. The number of aliphatic imine (C=N–C) groups is 1. The third-order valence-electron chi connectivity index (χ3n) is 5.12. The predicted octanol–water partition coefficient (Wildman–Crippen LogP) is 2.72. The maximum Gasteiger partial charge on any atom is 0.211 e. The molecule has 0 bridgehead atoms. The van der Waals surface area contributed by atoms with Crippen LogP contribution >= 0.6 is 0 Å². The third kappa shape index (κ3) is 5.26. The van der Waals surface area contributed by atoms with Gasteiger partial charge in [-0.1, -0.05) is 18.2 Å². The van der Waals surface area contributed by atoms with Gasteiger partial charge in [-0.2, -0.15) is 0 Å². The first kappa shape index (κ1) is 20.7. The van der Waals surface area contributed by atoms with Gasteiger partial charge in [0, 0.05) is 31.6 Å². The lowest BCUT2D eigenvalue weighted by molar-refractivity contribution is 0.280. The van der Waals surface area contributed by atoms with Crippen LogP contribution in [0.4, 0.5) is 0 Å². The molecule has 154 valence electrons. The maximum atomic E-state index is 11.6. The van der Waals surface area contributed by atoms with E-state index in [9.17, 15) is 8.42 Å². The van der Waals surface area contributed by atoms with E-state index in [-0.39, 0.29) is 6.04 Å². The van der Waals surface area contributed by atoms with Crippen molar-refractivity contribution < 1.29 is 12.8 Å². The molecule has 1 aromatic carbocycles. The number of guanidine groups is 1. The Morgan fingerprint density at radius 2 is 2.04 bits per heavy atom. The minimum absolute atomic E-state index is 0.0164. The molecule has 2 aromatic rings. The van der Waals surface area contributed by atoms with Gasteiger partial charge in [0.05, 0.1) is 12.3 Å². The number of furan rings is 1. The molecule has 3 rings (SSSR count). The van der Waals surface area contributed by atoms with E-state index >= 15 is 0 Å². The monoisotopic (exact) mass is 406 g/mol. The van der Waals surface area contributed by atoms with Gasteiger partial charge in [0.25, 0.3) is 0 Å². The lowest BCUT2D eigenvalue weighted by Gasteiger charge is -2.29. The first-order valence-electron chi connectivity index (χ1n) is 9.85. The van der Waals surface area contributed by atoms with Gasteiger partial charge in [-0.15, -0.1) is 0 Å². The Morgan fingerprint density at radius 3 is 2.68 bits per heavy atom. The van der Waals surface area contributed by atoms with Crippen LogP contribution in [0.25, 0.3) is 11.0 Å². The van der Waals surface area contributed by atoms with Crippen LogP contribution in [0.15, 0.2) is 39.7 Å². The second-order valence-corrected chi connectivity index (χ2v) is 9.36. The van der Waals surface area contributed by atoms with Crippen LogP contribution < -0.4 is 10.6 Å².